The molecule has 0 fully saturated rings. The third-order valence-electron chi connectivity index (χ3n) is 2.38. The first-order valence-corrected chi connectivity index (χ1v) is 4.83. The van der Waals surface area contributed by atoms with Crippen molar-refractivity contribution < 1.29 is 5.11 Å². The lowest BCUT2D eigenvalue weighted by molar-refractivity contribution is 0.199. The molecule has 2 rings (SSSR count). The number of aryl methyl sites for hydroxylation is 1. The van der Waals surface area contributed by atoms with E-state index in [1.165, 1.54) is 0 Å². The maximum absolute atomic E-state index is 9.37. The van der Waals surface area contributed by atoms with Gasteiger partial charge in [-0.15, -0.1) is 10.2 Å². The van der Waals surface area contributed by atoms with E-state index in [0.29, 0.717) is 6.54 Å². The number of rotatable bonds is 3. The minimum atomic E-state index is -0.425. The molecule has 1 unspecified atom stereocenters. The van der Waals surface area contributed by atoms with Crippen molar-refractivity contribution in [3.8, 4) is 0 Å². The fraction of sp³-hybridized carbons (Fsp3) is 0.400. The van der Waals surface area contributed by atoms with Gasteiger partial charge in [0, 0.05) is 19.4 Å². The molecule has 0 aliphatic carbocycles. The molecule has 0 radical (unpaired) electrons. The molecule has 0 aliphatic rings. The van der Waals surface area contributed by atoms with Crippen molar-refractivity contribution in [1.29, 1.82) is 0 Å². The predicted molar refractivity (Wildman–Crippen MR) is 55.2 cm³/mol. The van der Waals surface area contributed by atoms with Crippen LogP contribution in [-0.4, -0.2) is 24.4 Å². The van der Waals surface area contributed by atoms with E-state index in [4.69, 9.17) is 0 Å². The van der Waals surface area contributed by atoms with Crippen LogP contribution in [0.15, 0.2) is 24.8 Å². The third kappa shape index (κ3) is 2.07. The van der Waals surface area contributed by atoms with Crippen LogP contribution in [0.5, 0.6) is 0 Å². The summed E-state index contributed by atoms with van der Waals surface area (Å²) in [5.74, 6) is 0.891. The SMILES string of the molecule is CC(O)c1ccn(Cc2nncn2C)c1. The Morgan fingerprint density at radius 1 is 1.53 bits per heavy atom. The molecule has 2 aromatic heterocycles. The van der Waals surface area contributed by atoms with Gasteiger partial charge in [-0.1, -0.05) is 0 Å². The van der Waals surface area contributed by atoms with E-state index in [2.05, 4.69) is 10.2 Å². The first kappa shape index (κ1) is 9.92. The summed E-state index contributed by atoms with van der Waals surface area (Å²) in [6, 6.07) is 1.90. The van der Waals surface area contributed by atoms with E-state index < -0.39 is 6.10 Å². The average molecular weight is 206 g/mol. The summed E-state index contributed by atoms with van der Waals surface area (Å²) < 4.78 is 3.86. The molecule has 1 N–H and O–H groups in total. The highest BCUT2D eigenvalue weighted by atomic mass is 16.3. The Hall–Kier alpha value is -1.62. The summed E-state index contributed by atoms with van der Waals surface area (Å²) in [4.78, 5) is 0. The second kappa shape index (κ2) is 3.86. The molecule has 0 aliphatic heterocycles. The van der Waals surface area contributed by atoms with Crippen LogP contribution in [-0.2, 0) is 13.6 Å². The highest BCUT2D eigenvalue weighted by Crippen LogP contribution is 2.12. The van der Waals surface area contributed by atoms with Crippen molar-refractivity contribution in [3.63, 3.8) is 0 Å². The van der Waals surface area contributed by atoms with Gasteiger partial charge in [0.15, 0.2) is 5.82 Å². The zero-order valence-corrected chi connectivity index (χ0v) is 8.83. The number of hydrogen-bond acceptors (Lipinski definition) is 3. The minimum absolute atomic E-state index is 0.425. The molecule has 5 nitrogen and oxygen atoms in total. The monoisotopic (exact) mass is 206 g/mol. The molecule has 15 heavy (non-hydrogen) atoms. The topological polar surface area (TPSA) is 55.9 Å². The molecule has 1 atom stereocenters. The van der Waals surface area contributed by atoms with Crippen molar-refractivity contribution in [2.24, 2.45) is 7.05 Å². The number of hydrogen-bond donors (Lipinski definition) is 1. The van der Waals surface area contributed by atoms with Crippen LogP contribution in [0.2, 0.25) is 0 Å². The van der Waals surface area contributed by atoms with Gasteiger partial charge in [0.05, 0.1) is 12.6 Å². The molecule has 0 spiro atoms. The van der Waals surface area contributed by atoms with Crippen LogP contribution in [0.25, 0.3) is 0 Å². The molecule has 2 aromatic rings. The zero-order valence-electron chi connectivity index (χ0n) is 8.83. The lowest BCUT2D eigenvalue weighted by Gasteiger charge is -2.02. The summed E-state index contributed by atoms with van der Waals surface area (Å²) in [5.41, 5.74) is 0.914. The Labute approximate surface area is 88.0 Å². The number of aromatic nitrogens is 4. The molecule has 0 bridgehead atoms. The molecule has 2 heterocycles. The Bertz CT molecular complexity index is 444. The van der Waals surface area contributed by atoms with Crippen molar-refractivity contribution in [2.45, 2.75) is 19.6 Å². The second-order valence-corrected chi connectivity index (χ2v) is 3.65. The molecule has 0 amide bonds. The maximum atomic E-state index is 9.37. The third-order valence-corrected chi connectivity index (χ3v) is 2.38. The van der Waals surface area contributed by atoms with Gasteiger partial charge in [-0.25, -0.2) is 0 Å². The Morgan fingerprint density at radius 2 is 2.33 bits per heavy atom. The van der Waals surface area contributed by atoms with E-state index in [0.717, 1.165) is 11.4 Å². The van der Waals surface area contributed by atoms with E-state index in [1.807, 2.05) is 34.6 Å². The standard InChI is InChI=1S/C10H14N4O/c1-8(15)9-3-4-14(5-9)6-10-12-11-7-13(10)2/h3-5,7-8,15H,6H2,1-2H3. The van der Waals surface area contributed by atoms with E-state index in [1.54, 1.807) is 13.3 Å². The molecule has 0 saturated heterocycles. The molecule has 5 heteroatoms. The quantitative estimate of drug-likeness (QED) is 0.805. The fourth-order valence-corrected chi connectivity index (χ4v) is 1.42. The lowest BCUT2D eigenvalue weighted by atomic mass is 10.2. The van der Waals surface area contributed by atoms with Gasteiger partial charge in [0.25, 0.3) is 0 Å². The largest absolute Gasteiger partial charge is 0.389 e. The summed E-state index contributed by atoms with van der Waals surface area (Å²) in [7, 11) is 1.91. The van der Waals surface area contributed by atoms with E-state index in [-0.39, 0.29) is 0 Å². The lowest BCUT2D eigenvalue weighted by Crippen LogP contribution is -2.03. The molecular formula is C10H14N4O. The summed E-state index contributed by atoms with van der Waals surface area (Å²) in [6.45, 7) is 2.42. The van der Waals surface area contributed by atoms with Gasteiger partial charge in [-0.2, -0.15) is 0 Å². The molecule has 0 aromatic carbocycles. The van der Waals surface area contributed by atoms with Gasteiger partial charge >= 0.3 is 0 Å². The van der Waals surface area contributed by atoms with E-state index >= 15 is 0 Å². The summed E-state index contributed by atoms with van der Waals surface area (Å²) in [5, 5.41) is 17.2. The van der Waals surface area contributed by atoms with Crippen LogP contribution in [0.1, 0.15) is 24.4 Å². The number of aliphatic hydroxyl groups is 1. The number of aliphatic hydroxyl groups excluding tert-OH is 1. The van der Waals surface area contributed by atoms with Crippen LogP contribution in [0.3, 0.4) is 0 Å². The summed E-state index contributed by atoms with van der Waals surface area (Å²) >= 11 is 0. The first-order valence-electron chi connectivity index (χ1n) is 4.83. The van der Waals surface area contributed by atoms with Gasteiger partial charge in [0.2, 0.25) is 0 Å². The van der Waals surface area contributed by atoms with Crippen molar-refractivity contribution in [3.05, 3.63) is 36.2 Å². The molecule has 80 valence electrons. The second-order valence-electron chi connectivity index (χ2n) is 3.65. The Morgan fingerprint density at radius 3 is 2.87 bits per heavy atom. The Balaban J connectivity index is 2.15. The Kier molecular flexibility index (Phi) is 2.55. The van der Waals surface area contributed by atoms with Crippen molar-refractivity contribution >= 4 is 0 Å². The first-order chi connectivity index (χ1) is 7.16. The minimum Gasteiger partial charge on any atom is -0.389 e. The van der Waals surface area contributed by atoms with Gasteiger partial charge < -0.3 is 14.2 Å². The van der Waals surface area contributed by atoms with Gasteiger partial charge in [-0.3, -0.25) is 0 Å². The van der Waals surface area contributed by atoms with Gasteiger partial charge in [0.1, 0.15) is 6.33 Å². The highest BCUT2D eigenvalue weighted by Gasteiger charge is 2.05. The smallest absolute Gasteiger partial charge is 0.152 e. The van der Waals surface area contributed by atoms with E-state index in [9.17, 15) is 5.11 Å². The average Bonchev–Trinajstić information content (AvgIpc) is 2.77. The zero-order chi connectivity index (χ0) is 10.8. The van der Waals surface area contributed by atoms with Crippen LogP contribution in [0, 0.1) is 0 Å². The molecular weight excluding hydrogens is 192 g/mol. The number of nitrogens with zero attached hydrogens (tertiary/aromatic N) is 4. The van der Waals surface area contributed by atoms with Crippen molar-refractivity contribution in [1.82, 2.24) is 19.3 Å². The van der Waals surface area contributed by atoms with Crippen LogP contribution < -0.4 is 0 Å². The normalized spacial score (nSPS) is 13.0. The van der Waals surface area contributed by atoms with Crippen LogP contribution in [0.4, 0.5) is 0 Å². The molecule has 0 saturated carbocycles. The highest BCUT2D eigenvalue weighted by molar-refractivity contribution is 5.13. The predicted octanol–water partition coefficient (Wildman–Crippen LogP) is 0.718. The van der Waals surface area contributed by atoms with Crippen LogP contribution >= 0.6 is 0 Å². The maximum Gasteiger partial charge on any atom is 0.152 e. The fourth-order valence-electron chi connectivity index (χ4n) is 1.42. The van der Waals surface area contributed by atoms with Gasteiger partial charge in [-0.05, 0) is 18.6 Å². The van der Waals surface area contributed by atoms with Crippen molar-refractivity contribution in [2.75, 3.05) is 0 Å². The summed E-state index contributed by atoms with van der Waals surface area (Å²) in [6.07, 6.45) is 5.09.